The normalized spacial score (nSPS) is 11.3. The third kappa shape index (κ3) is 2.39. The van der Waals surface area contributed by atoms with Crippen molar-refractivity contribution in [2.75, 3.05) is 13.7 Å². The molecule has 0 saturated heterocycles. The Bertz CT molecular complexity index is 966. The van der Waals surface area contributed by atoms with Gasteiger partial charge in [0.1, 0.15) is 5.82 Å². The second-order valence-electron chi connectivity index (χ2n) is 5.60. The molecule has 0 fully saturated rings. The van der Waals surface area contributed by atoms with E-state index in [-0.39, 0.29) is 0 Å². The van der Waals surface area contributed by atoms with Crippen molar-refractivity contribution in [2.45, 2.75) is 6.54 Å². The molecule has 0 aliphatic rings. The van der Waals surface area contributed by atoms with Gasteiger partial charge in [-0.15, -0.1) is 0 Å². The van der Waals surface area contributed by atoms with Gasteiger partial charge in [-0.05, 0) is 22.9 Å². The first-order valence-electron chi connectivity index (χ1n) is 7.81. The molecule has 0 spiro atoms. The Hall–Kier alpha value is -2.65. The highest BCUT2D eigenvalue weighted by atomic mass is 16.5. The van der Waals surface area contributed by atoms with Gasteiger partial charge in [-0.25, -0.2) is 4.98 Å². The molecule has 4 rings (SSSR count). The molecule has 3 aromatic carbocycles. The van der Waals surface area contributed by atoms with Gasteiger partial charge in [-0.3, -0.25) is 0 Å². The lowest BCUT2D eigenvalue weighted by Crippen LogP contribution is -2.06. The highest BCUT2D eigenvalue weighted by molar-refractivity contribution is 5.96. The lowest BCUT2D eigenvalue weighted by molar-refractivity contribution is 0.188. The third-order valence-electron chi connectivity index (χ3n) is 4.20. The number of nitrogens with zero attached hydrogens (tertiary/aromatic N) is 2. The van der Waals surface area contributed by atoms with E-state index >= 15 is 0 Å². The Morgan fingerprint density at radius 2 is 1.70 bits per heavy atom. The van der Waals surface area contributed by atoms with Crippen LogP contribution in [0.15, 0.2) is 66.7 Å². The van der Waals surface area contributed by atoms with Crippen molar-refractivity contribution in [1.82, 2.24) is 9.55 Å². The largest absolute Gasteiger partial charge is 0.383 e. The maximum absolute atomic E-state index is 5.29. The van der Waals surface area contributed by atoms with Crippen molar-refractivity contribution >= 4 is 21.8 Å². The maximum atomic E-state index is 5.29. The van der Waals surface area contributed by atoms with Crippen molar-refractivity contribution in [2.24, 2.45) is 0 Å². The van der Waals surface area contributed by atoms with Crippen LogP contribution in [0.5, 0.6) is 0 Å². The highest BCUT2D eigenvalue weighted by Crippen LogP contribution is 2.30. The number of hydrogen-bond donors (Lipinski definition) is 0. The molecule has 0 N–H and O–H groups in total. The number of imidazole rings is 1. The van der Waals surface area contributed by atoms with E-state index in [1.54, 1.807) is 7.11 Å². The highest BCUT2D eigenvalue weighted by Gasteiger charge is 2.14. The Morgan fingerprint density at radius 1 is 0.913 bits per heavy atom. The van der Waals surface area contributed by atoms with E-state index in [0.717, 1.165) is 29.0 Å². The van der Waals surface area contributed by atoms with E-state index in [9.17, 15) is 0 Å². The summed E-state index contributed by atoms with van der Waals surface area (Å²) in [6, 6.07) is 23.1. The Labute approximate surface area is 135 Å². The summed E-state index contributed by atoms with van der Waals surface area (Å²) in [5.41, 5.74) is 3.33. The van der Waals surface area contributed by atoms with Crippen LogP contribution in [-0.2, 0) is 11.3 Å². The predicted octanol–water partition coefficient (Wildman–Crippen LogP) is 4.50. The molecule has 0 unspecified atom stereocenters. The van der Waals surface area contributed by atoms with Crippen molar-refractivity contribution in [3.8, 4) is 11.4 Å². The number of fused-ring (bicyclic) bond motifs is 2. The number of methoxy groups -OCH3 is 1. The van der Waals surface area contributed by atoms with Crippen molar-refractivity contribution < 1.29 is 4.74 Å². The molecule has 114 valence electrons. The Balaban J connectivity index is 2.00. The minimum Gasteiger partial charge on any atom is -0.383 e. The maximum Gasteiger partial charge on any atom is 0.141 e. The third-order valence-corrected chi connectivity index (χ3v) is 4.20. The number of benzene rings is 3. The number of para-hydroxylation sites is 2. The van der Waals surface area contributed by atoms with E-state index in [1.165, 1.54) is 10.8 Å². The number of hydrogen-bond acceptors (Lipinski definition) is 2. The standard InChI is InChI=1S/C20H18N2O/c1-23-14-13-22-19-12-5-4-11-18(19)21-20(22)17-10-6-8-15-7-2-3-9-16(15)17/h2-12H,13-14H2,1H3. The van der Waals surface area contributed by atoms with Crippen LogP contribution in [0.3, 0.4) is 0 Å². The van der Waals surface area contributed by atoms with E-state index in [1.807, 2.05) is 6.07 Å². The minimum atomic E-state index is 0.665. The molecule has 23 heavy (non-hydrogen) atoms. The van der Waals surface area contributed by atoms with Gasteiger partial charge in [0.25, 0.3) is 0 Å². The molecule has 0 aliphatic carbocycles. The predicted molar refractivity (Wildman–Crippen MR) is 94.6 cm³/mol. The van der Waals surface area contributed by atoms with Crippen LogP contribution in [0.25, 0.3) is 33.2 Å². The summed E-state index contributed by atoms with van der Waals surface area (Å²) in [5.74, 6) is 1.00. The number of ether oxygens (including phenoxy) is 1. The summed E-state index contributed by atoms with van der Waals surface area (Å²) in [6.45, 7) is 1.45. The molecule has 3 heteroatoms. The molecule has 0 amide bonds. The van der Waals surface area contributed by atoms with Crippen LogP contribution in [0.2, 0.25) is 0 Å². The van der Waals surface area contributed by atoms with E-state index in [4.69, 9.17) is 9.72 Å². The van der Waals surface area contributed by atoms with E-state index in [0.29, 0.717) is 6.61 Å². The molecule has 1 aromatic heterocycles. The smallest absolute Gasteiger partial charge is 0.141 e. The summed E-state index contributed by atoms with van der Waals surface area (Å²) >= 11 is 0. The number of aromatic nitrogens is 2. The first-order chi connectivity index (χ1) is 11.4. The van der Waals surface area contributed by atoms with Crippen LogP contribution in [0.1, 0.15) is 0 Å². The zero-order valence-electron chi connectivity index (χ0n) is 13.1. The van der Waals surface area contributed by atoms with Gasteiger partial charge in [0.2, 0.25) is 0 Å². The van der Waals surface area contributed by atoms with Crippen LogP contribution >= 0.6 is 0 Å². The van der Waals surface area contributed by atoms with Gasteiger partial charge < -0.3 is 9.30 Å². The Kier molecular flexibility index (Phi) is 3.56. The van der Waals surface area contributed by atoms with E-state index < -0.39 is 0 Å². The van der Waals surface area contributed by atoms with Crippen LogP contribution in [-0.4, -0.2) is 23.3 Å². The molecule has 0 atom stereocenters. The summed E-state index contributed by atoms with van der Waals surface area (Å²) in [4.78, 5) is 4.89. The average Bonchev–Trinajstić information content (AvgIpc) is 2.98. The lowest BCUT2D eigenvalue weighted by atomic mass is 10.0. The van der Waals surface area contributed by atoms with Crippen molar-refractivity contribution in [3.05, 3.63) is 66.7 Å². The van der Waals surface area contributed by atoms with Gasteiger partial charge in [-0.1, -0.05) is 54.6 Å². The van der Waals surface area contributed by atoms with E-state index in [2.05, 4.69) is 65.2 Å². The monoisotopic (exact) mass is 302 g/mol. The van der Waals surface area contributed by atoms with Gasteiger partial charge in [0, 0.05) is 19.2 Å². The van der Waals surface area contributed by atoms with Crippen LogP contribution in [0, 0.1) is 0 Å². The second-order valence-corrected chi connectivity index (χ2v) is 5.60. The molecule has 3 nitrogen and oxygen atoms in total. The van der Waals surface area contributed by atoms with Crippen LogP contribution < -0.4 is 0 Å². The molecule has 0 bridgehead atoms. The molecular formula is C20H18N2O. The summed E-state index contributed by atoms with van der Waals surface area (Å²) in [7, 11) is 1.73. The SMILES string of the molecule is COCCn1c(-c2cccc3ccccc23)nc2ccccc21. The van der Waals surface area contributed by atoms with Gasteiger partial charge in [0.15, 0.2) is 0 Å². The molecule has 4 aromatic rings. The van der Waals surface area contributed by atoms with Crippen LogP contribution in [0.4, 0.5) is 0 Å². The summed E-state index contributed by atoms with van der Waals surface area (Å²) < 4.78 is 7.54. The number of rotatable bonds is 4. The summed E-state index contributed by atoms with van der Waals surface area (Å²) in [5, 5.41) is 2.46. The lowest BCUT2D eigenvalue weighted by Gasteiger charge is -2.11. The fourth-order valence-corrected chi connectivity index (χ4v) is 3.11. The quantitative estimate of drug-likeness (QED) is 0.555. The zero-order chi connectivity index (χ0) is 15.6. The molecule has 0 radical (unpaired) electrons. The zero-order valence-corrected chi connectivity index (χ0v) is 13.1. The molecule has 0 aliphatic heterocycles. The molecular weight excluding hydrogens is 284 g/mol. The van der Waals surface area contributed by atoms with Crippen molar-refractivity contribution in [3.63, 3.8) is 0 Å². The van der Waals surface area contributed by atoms with Gasteiger partial charge in [0.05, 0.1) is 17.6 Å². The first kappa shape index (κ1) is 14.0. The topological polar surface area (TPSA) is 27.1 Å². The Morgan fingerprint density at radius 3 is 2.61 bits per heavy atom. The fourth-order valence-electron chi connectivity index (χ4n) is 3.11. The minimum absolute atomic E-state index is 0.665. The van der Waals surface area contributed by atoms with Crippen molar-refractivity contribution in [1.29, 1.82) is 0 Å². The molecule has 1 heterocycles. The van der Waals surface area contributed by atoms with Gasteiger partial charge in [-0.2, -0.15) is 0 Å². The molecule has 0 saturated carbocycles. The van der Waals surface area contributed by atoms with Gasteiger partial charge >= 0.3 is 0 Å². The fraction of sp³-hybridized carbons (Fsp3) is 0.150. The first-order valence-corrected chi connectivity index (χ1v) is 7.81. The summed E-state index contributed by atoms with van der Waals surface area (Å²) in [6.07, 6.45) is 0. The second kappa shape index (κ2) is 5.86. The average molecular weight is 302 g/mol.